The molecule has 1 fully saturated rings. The molecule has 1 aliphatic rings. The van der Waals surface area contributed by atoms with E-state index in [1.807, 2.05) is 26.0 Å². The average Bonchev–Trinajstić information content (AvgIpc) is 3.55. The Morgan fingerprint density at radius 3 is 2.53 bits per heavy atom. The van der Waals surface area contributed by atoms with Gasteiger partial charge < -0.3 is 14.7 Å². The number of hydrogen-bond donors (Lipinski definition) is 1. The Balaban J connectivity index is 1.75. The van der Waals surface area contributed by atoms with Crippen LogP contribution in [0, 0.1) is 13.8 Å². The van der Waals surface area contributed by atoms with E-state index in [0.717, 1.165) is 18.5 Å². The van der Waals surface area contributed by atoms with E-state index in [-0.39, 0.29) is 22.4 Å². The quantitative estimate of drug-likeness (QED) is 0.441. The van der Waals surface area contributed by atoms with Crippen LogP contribution in [0.5, 0.6) is 5.88 Å². The average molecular weight is 507 g/mol. The highest BCUT2D eigenvalue weighted by molar-refractivity contribution is 6.38. The van der Waals surface area contributed by atoms with Crippen molar-refractivity contribution in [2.45, 2.75) is 32.3 Å². The van der Waals surface area contributed by atoms with Gasteiger partial charge in [-0.1, -0.05) is 28.9 Å². The summed E-state index contributed by atoms with van der Waals surface area (Å²) < 4.78 is 6.99. The number of benzene rings is 1. The van der Waals surface area contributed by atoms with Crippen LogP contribution < -0.4 is 4.74 Å². The van der Waals surface area contributed by atoms with Crippen molar-refractivity contribution in [1.29, 1.82) is 0 Å². The van der Waals surface area contributed by atoms with Crippen LogP contribution in [-0.4, -0.2) is 61.1 Å². The number of hydrogen-bond acceptors (Lipinski definition) is 7. The number of likely N-dealkylation sites (tertiary alicyclic amines) is 1. The van der Waals surface area contributed by atoms with Crippen molar-refractivity contribution in [3.8, 4) is 5.88 Å². The third kappa shape index (κ3) is 3.79. The predicted molar refractivity (Wildman–Crippen MR) is 135 cm³/mol. The highest BCUT2D eigenvalue weighted by Crippen LogP contribution is 2.41. The molecule has 1 atom stereocenters. The van der Waals surface area contributed by atoms with Crippen LogP contribution in [0.15, 0.2) is 36.5 Å². The molecule has 0 spiro atoms. The Bertz CT molecular complexity index is 1480. The minimum absolute atomic E-state index is 0.182. The number of rotatable bonds is 5. The van der Waals surface area contributed by atoms with E-state index in [1.54, 1.807) is 30.1 Å². The molecular weight excluding hydrogens is 480 g/mol. The molecule has 3 aromatic heterocycles. The van der Waals surface area contributed by atoms with Crippen LogP contribution in [0.25, 0.3) is 10.9 Å². The molecule has 186 valence electrons. The van der Waals surface area contributed by atoms with Gasteiger partial charge in [0.25, 0.3) is 5.91 Å². The number of aliphatic hydroxyl groups is 1. The maximum absolute atomic E-state index is 13.3. The highest BCUT2D eigenvalue weighted by atomic mass is 35.5. The van der Waals surface area contributed by atoms with Gasteiger partial charge in [0.15, 0.2) is 5.60 Å². The Hall–Kier alpha value is -3.56. The van der Waals surface area contributed by atoms with Gasteiger partial charge in [-0.25, -0.2) is 9.67 Å². The molecule has 9 nitrogen and oxygen atoms in total. The van der Waals surface area contributed by atoms with Gasteiger partial charge in [-0.2, -0.15) is 0 Å². The van der Waals surface area contributed by atoms with Gasteiger partial charge in [0, 0.05) is 42.5 Å². The number of carbonyl (C=O) groups excluding carboxylic acids is 1. The van der Waals surface area contributed by atoms with Crippen molar-refractivity contribution in [2.24, 2.45) is 7.05 Å². The highest BCUT2D eigenvalue weighted by Gasteiger charge is 2.39. The van der Waals surface area contributed by atoms with E-state index in [2.05, 4.69) is 20.3 Å². The third-order valence-electron chi connectivity index (χ3n) is 6.81. The van der Waals surface area contributed by atoms with E-state index in [1.165, 1.54) is 18.0 Å². The Morgan fingerprint density at radius 1 is 1.14 bits per heavy atom. The number of halogens is 1. The molecule has 1 saturated heterocycles. The topological polar surface area (TPSA) is 106 Å². The van der Waals surface area contributed by atoms with E-state index < -0.39 is 5.60 Å². The predicted octanol–water partition coefficient (Wildman–Crippen LogP) is 3.56. The summed E-state index contributed by atoms with van der Waals surface area (Å²) in [5, 5.41) is 21.2. The van der Waals surface area contributed by atoms with Crippen molar-refractivity contribution in [1.82, 2.24) is 29.9 Å². The number of fused-ring (bicyclic) bond motifs is 1. The number of ether oxygens (including phenoxy) is 1. The van der Waals surface area contributed by atoms with Gasteiger partial charge in [-0.15, -0.1) is 5.10 Å². The maximum atomic E-state index is 13.3. The molecule has 4 aromatic rings. The Kier molecular flexibility index (Phi) is 6.13. The van der Waals surface area contributed by atoms with E-state index in [0.29, 0.717) is 46.5 Å². The Labute approximate surface area is 213 Å². The molecule has 1 amide bonds. The number of nitrogens with zero attached hydrogens (tertiary/aromatic N) is 6. The first-order valence-corrected chi connectivity index (χ1v) is 12.1. The fraction of sp³-hybridized carbons (Fsp3) is 0.346. The third-order valence-corrected chi connectivity index (χ3v) is 7.20. The minimum Gasteiger partial charge on any atom is -0.480 e. The Morgan fingerprint density at radius 2 is 1.89 bits per heavy atom. The molecule has 1 aromatic carbocycles. The number of aryl methyl sites for hydroxylation is 3. The van der Waals surface area contributed by atoms with Gasteiger partial charge in [-0.05, 0) is 50.5 Å². The summed E-state index contributed by atoms with van der Waals surface area (Å²) in [4.78, 5) is 24.3. The first-order valence-electron chi connectivity index (χ1n) is 11.7. The number of amides is 1. The lowest BCUT2D eigenvalue weighted by molar-refractivity contribution is 0.0789. The molecule has 1 aliphatic heterocycles. The summed E-state index contributed by atoms with van der Waals surface area (Å²) in [7, 11) is 3.19. The van der Waals surface area contributed by atoms with Crippen LogP contribution >= 0.6 is 11.6 Å². The SMILES string of the molecule is COc1nc2ccc(C(O)(c3ccc(C)nc3C)c3cnnn3C)cc2c(Cl)c1C(=O)N1CCCC1. The minimum atomic E-state index is -1.64. The second kappa shape index (κ2) is 9.15. The summed E-state index contributed by atoms with van der Waals surface area (Å²) in [6.45, 7) is 5.09. The first-order chi connectivity index (χ1) is 17.3. The maximum Gasteiger partial charge on any atom is 0.260 e. The molecule has 0 aliphatic carbocycles. The van der Waals surface area contributed by atoms with Crippen LogP contribution in [-0.2, 0) is 12.6 Å². The summed E-state index contributed by atoms with van der Waals surface area (Å²) >= 11 is 6.88. The van der Waals surface area contributed by atoms with Crippen molar-refractivity contribution in [2.75, 3.05) is 20.2 Å². The van der Waals surface area contributed by atoms with Crippen molar-refractivity contribution in [3.63, 3.8) is 0 Å². The van der Waals surface area contributed by atoms with Crippen molar-refractivity contribution < 1.29 is 14.6 Å². The number of aromatic nitrogens is 5. The summed E-state index contributed by atoms with van der Waals surface area (Å²) in [5.74, 6) is -0.0272. The summed E-state index contributed by atoms with van der Waals surface area (Å²) in [6.07, 6.45) is 3.43. The van der Waals surface area contributed by atoms with Crippen LogP contribution in [0.4, 0.5) is 0 Å². The zero-order valence-corrected chi connectivity index (χ0v) is 21.4. The number of methoxy groups -OCH3 is 1. The molecular formula is C26H27ClN6O3. The lowest BCUT2D eigenvalue weighted by Crippen LogP contribution is -2.32. The molecule has 5 rings (SSSR count). The largest absolute Gasteiger partial charge is 0.480 e. The summed E-state index contributed by atoms with van der Waals surface area (Å²) in [5.41, 5.74) is 2.20. The smallest absolute Gasteiger partial charge is 0.260 e. The molecule has 0 bridgehead atoms. The molecule has 1 unspecified atom stereocenters. The van der Waals surface area contributed by atoms with E-state index >= 15 is 0 Å². The molecule has 10 heteroatoms. The molecule has 4 heterocycles. The van der Waals surface area contributed by atoms with Crippen molar-refractivity contribution >= 4 is 28.4 Å². The normalized spacial score (nSPS) is 15.3. The standard InChI is InChI=1S/C26H27ClN6O3/c1-15-7-9-19(16(2)29-15)26(35,21-14-28-31-32(21)3)17-8-10-20-18(13-17)23(27)22(24(30-20)36-4)25(34)33-11-5-6-12-33/h7-10,13-14,35H,5-6,11-12H2,1-4H3. The second-order valence-electron chi connectivity index (χ2n) is 9.08. The summed E-state index contributed by atoms with van der Waals surface area (Å²) in [6, 6.07) is 9.00. The number of pyridine rings is 2. The lowest BCUT2D eigenvalue weighted by Gasteiger charge is -2.30. The van der Waals surface area contributed by atoms with Gasteiger partial charge in [0.2, 0.25) is 5.88 Å². The van der Waals surface area contributed by atoms with E-state index in [9.17, 15) is 9.90 Å². The van der Waals surface area contributed by atoms with Crippen LogP contribution in [0.1, 0.15) is 51.4 Å². The zero-order valence-electron chi connectivity index (χ0n) is 20.6. The van der Waals surface area contributed by atoms with Crippen LogP contribution in [0.3, 0.4) is 0 Å². The molecule has 1 N–H and O–H groups in total. The van der Waals surface area contributed by atoms with Crippen molar-refractivity contribution in [3.05, 3.63) is 75.3 Å². The zero-order chi connectivity index (χ0) is 25.6. The molecule has 0 saturated carbocycles. The second-order valence-corrected chi connectivity index (χ2v) is 9.46. The lowest BCUT2D eigenvalue weighted by atomic mass is 9.82. The van der Waals surface area contributed by atoms with E-state index in [4.69, 9.17) is 16.3 Å². The monoisotopic (exact) mass is 506 g/mol. The van der Waals surface area contributed by atoms with Gasteiger partial charge in [0.05, 0.1) is 29.5 Å². The fourth-order valence-electron chi connectivity index (χ4n) is 4.97. The van der Waals surface area contributed by atoms with Gasteiger partial charge in [-0.3, -0.25) is 9.78 Å². The van der Waals surface area contributed by atoms with Gasteiger partial charge in [0.1, 0.15) is 5.56 Å². The van der Waals surface area contributed by atoms with Crippen LogP contribution in [0.2, 0.25) is 5.02 Å². The first kappa shape index (κ1) is 24.1. The molecule has 36 heavy (non-hydrogen) atoms. The molecule has 0 radical (unpaired) electrons. The van der Waals surface area contributed by atoms with Gasteiger partial charge >= 0.3 is 0 Å². The fourth-order valence-corrected chi connectivity index (χ4v) is 5.28. The number of carbonyl (C=O) groups is 1.